The van der Waals surface area contributed by atoms with Crippen molar-refractivity contribution in [3.05, 3.63) is 0 Å². The molecule has 4 nitrogen and oxygen atoms in total. The first-order valence-electron chi connectivity index (χ1n) is 8.22. The summed E-state index contributed by atoms with van der Waals surface area (Å²) in [6.07, 6.45) is 3.62. The van der Waals surface area contributed by atoms with Gasteiger partial charge in [-0.3, -0.25) is 4.90 Å². The average molecular weight is 286 g/mol. The number of hydrogen-bond acceptors (Lipinski definition) is 4. The predicted octanol–water partition coefficient (Wildman–Crippen LogP) is 1.87. The van der Waals surface area contributed by atoms with Crippen LogP contribution in [0.3, 0.4) is 0 Å². The van der Waals surface area contributed by atoms with E-state index in [-0.39, 0.29) is 12.7 Å². The topological polar surface area (TPSA) is 44.7 Å². The minimum Gasteiger partial charge on any atom is -0.394 e. The Morgan fingerprint density at radius 2 is 2.10 bits per heavy atom. The molecule has 20 heavy (non-hydrogen) atoms. The maximum atomic E-state index is 9.31. The summed E-state index contributed by atoms with van der Waals surface area (Å²) in [5, 5.41) is 12.9. The Hall–Kier alpha value is -0.160. The van der Waals surface area contributed by atoms with Gasteiger partial charge in [-0.05, 0) is 31.7 Å². The first kappa shape index (κ1) is 17.9. The van der Waals surface area contributed by atoms with Gasteiger partial charge in [0.25, 0.3) is 0 Å². The van der Waals surface area contributed by atoms with E-state index in [0.717, 1.165) is 32.8 Å². The molecule has 0 aromatic heterocycles. The number of ether oxygens (including phenoxy) is 1. The van der Waals surface area contributed by atoms with Crippen LogP contribution in [-0.4, -0.2) is 61.5 Å². The van der Waals surface area contributed by atoms with Crippen molar-refractivity contribution in [3.8, 4) is 0 Å². The second kappa shape index (κ2) is 8.98. The van der Waals surface area contributed by atoms with Crippen molar-refractivity contribution in [2.24, 2.45) is 5.41 Å². The molecule has 0 aromatic carbocycles. The summed E-state index contributed by atoms with van der Waals surface area (Å²) in [6.45, 7) is 14.0. The average Bonchev–Trinajstić information content (AvgIpc) is 2.42. The van der Waals surface area contributed by atoms with Crippen LogP contribution in [-0.2, 0) is 4.74 Å². The maximum Gasteiger partial charge on any atom is 0.0933 e. The lowest BCUT2D eigenvalue weighted by molar-refractivity contribution is -0.0874. The molecule has 4 heteroatoms. The molecule has 1 rings (SSSR count). The van der Waals surface area contributed by atoms with E-state index in [4.69, 9.17) is 4.74 Å². The number of morpholine rings is 1. The highest BCUT2D eigenvalue weighted by molar-refractivity contribution is 4.86. The van der Waals surface area contributed by atoms with E-state index in [2.05, 4.69) is 37.9 Å². The number of nitrogens with one attached hydrogen (secondary N) is 1. The second-order valence-corrected chi connectivity index (χ2v) is 6.65. The van der Waals surface area contributed by atoms with Crippen molar-refractivity contribution in [2.75, 3.05) is 39.4 Å². The number of nitrogens with zero attached hydrogens (tertiary/aromatic N) is 1. The van der Waals surface area contributed by atoms with E-state index in [0.29, 0.717) is 11.5 Å². The zero-order valence-electron chi connectivity index (χ0n) is 13.8. The lowest BCUT2D eigenvalue weighted by atomic mass is 9.84. The molecule has 1 heterocycles. The van der Waals surface area contributed by atoms with Crippen LogP contribution in [0.1, 0.15) is 47.0 Å². The van der Waals surface area contributed by atoms with Gasteiger partial charge in [0.2, 0.25) is 0 Å². The monoisotopic (exact) mass is 286 g/mol. The lowest BCUT2D eigenvalue weighted by Crippen LogP contribution is -2.54. The highest BCUT2D eigenvalue weighted by Crippen LogP contribution is 2.26. The third-order valence-electron chi connectivity index (χ3n) is 4.26. The van der Waals surface area contributed by atoms with Gasteiger partial charge in [-0.2, -0.15) is 0 Å². The predicted molar refractivity (Wildman–Crippen MR) is 84.0 cm³/mol. The molecule has 0 amide bonds. The minimum absolute atomic E-state index is 0.0133. The molecular weight excluding hydrogens is 252 g/mol. The van der Waals surface area contributed by atoms with Crippen molar-refractivity contribution in [3.63, 3.8) is 0 Å². The van der Waals surface area contributed by atoms with Crippen LogP contribution in [0.2, 0.25) is 0 Å². The largest absolute Gasteiger partial charge is 0.394 e. The first-order chi connectivity index (χ1) is 9.54. The Morgan fingerprint density at radius 3 is 2.70 bits per heavy atom. The Balaban J connectivity index is 2.57. The zero-order valence-corrected chi connectivity index (χ0v) is 13.8. The normalized spacial score (nSPS) is 27.4. The van der Waals surface area contributed by atoms with E-state index in [1.165, 1.54) is 19.3 Å². The molecule has 0 bridgehead atoms. The second-order valence-electron chi connectivity index (χ2n) is 6.65. The van der Waals surface area contributed by atoms with Crippen LogP contribution < -0.4 is 5.32 Å². The van der Waals surface area contributed by atoms with Crippen molar-refractivity contribution in [2.45, 2.75) is 59.1 Å². The molecule has 3 unspecified atom stereocenters. The summed E-state index contributed by atoms with van der Waals surface area (Å²) < 4.78 is 5.64. The fourth-order valence-electron chi connectivity index (χ4n) is 3.09. The lowest BCUT2D eigenvalue weighted by Gasteiger charge is -2.43. The van der Waals surface area contributed by atoms with Gasteiger partial charge in [-0.25, -0.2) is 0 Å². The smallest absolute Gasteiger partial charge is 0.0933 e. The maximum absolute atomic E-state index is 9.31. The van der Waals surface area contributed by atoms with Crippen LogP contribution in [0.4, 0.5) is 0 Å². The molecule has 0 aliphatic carbocycles. The van der Waals surface area contributed by atoms with E-state index < -0.39 is 0 Å². The fourth-order valence-corrected chi connectivity index (χ4v) is 3.09. The fraction of sp³-hybridized carbons (Fsp3) is 1.00. The number of aliphatic hydroxyl groups is 1. The molecule has 1 saturated heterocycles. The van der Waals surface area contributed by atoms with Crippen LogP contribution in [0.15, 0.2) is 0 Å². The first-order valence-corrected chi connectivity index (χ1v) is 8.22. The van der Waals surface area contributed by atoms with Gasteiger partial charge in [0.15, 0.2) is 0 Å². The summed E-state index contributed by atoms with van der Waals surface area (Å²) >= 11 is 0. The van der Waals surface area contributed by atoms with Gasteiger partial charge in [0.1, 0.15) is 0 Å². The van der Waals surface area contributed by atoms with Crippen molar-refractivity contribution < 1.29 is 9.84 Å². The van der Waals surface area contributed by atoms with E-state index >= 15 is 0 Å². The van der Waals surface area contributed by atoms with Crippen LogP contribution >= 0.6 is 0 Å². The highest BCUT2D eigenvalue weighted by Gasteiger charge is 2.32. The Labute approximate surface area is 124 Å². The summed E-state index contributed by atoms with van der Waals surface area (Å²) in [6, 6.07) is 0.445. The van der Waals surface area contributed by atoms with Gasteiger partial charge in [0, 0.05) is 25.7 Å². The number of aliphatic hydroxyl groups excluding tert-OH is 1. The van der Waals surface area contributed by atoms with Crippen molar-refractivity contribution in [1.29, 1.82) is 0 Å². The molecule has 0 saturated carbocycles. The molecule has 1 aliphatic heterocycles. The molecular formula is C16H34N2O2. The van der Waals surface area contributed by atoms with Gasteiger partial charge < -0.3 is 15.2 Å². The van der Waals surface area contributed by atoms with Crippen molar-refractivity contribution >= 4 is 0 Å². The summed E-state index contributed by atoms with van der Waals surface area (Å²) in [4.78, 5) is 2.49. The van der Waals surface area contributed by atoms with Crippen LogP contribution in [0.5, 0.6) is 0 Å². The standard InChI is InChI=1S/C16H34N2O2/c1-5-7-16(4,12-17-8-6-2)13-18-9-15(10-19)20-11-14(18)3/h14-15,17,19H,5-13H2,1-4H3. The molecule has 1 fully saturated rings. The Morgan fingerprint density at radius 1 is 1.35 bits per heavy atom. The molecule has 2 N–H and O–H groups in total. The summed E-state index contributed by atoms with van der Waals surface area (Å²) in [5.74, 6) is 0. The highest BCUT2D eigenvalue weighted by atomic mass is 16.5. The van der Waals surface area contributed by atoms with E-state index in [1.54, 1.807) is 0 Å². The van der Waals surface area contributed by atoms with Gasteiger partial charge >= 0.3 is 0 Å². The Bertz CT molecular complexity index is 263. The quantitative estimate of drug-likeness (QED) is 0.635. The van der Waals surface area contributed by atoms with E-state index in [1.807, 2.05) is 0 Å². The third-order valence-corrected chi connectivity index (χ3v) is 4.26. The minimum atomic E-state index is -0.0133. The molecule has 3 atom stereocenters. The number of hydrogen-bond donors (Lipinski definition) is 2. The molecule has 0 aromatic rings. The third kappa shape index (κ3) is 5.68. The van der Waals surface area contributed by atoms with E-state index in [9.17, 15) is 5.11 Å². The van der Waals surface area contributed by atoms with Gasteiger partial charge in [-0.15, -0.1) is 0 Å². The van der Waals surface area contributed by atoms with Crippen LogP contribution in [0, 0.1) is 5.41 Å². The number of rotatable bonds is 9. The van der Waals surface area contributed by atoms with Gasteiger partial charge in [-0.1, -0.05) is 27.2 Å². The summed E-state index contributed by atoms with van der Waals surface area (Å²) in [5.41, 5.74) is 0.301. The molecule has 0 radical (unpaired) electrons. The Kier molecular flexibility index (Phi) is 8.03. The molecule has 1 aliphatic rings. The van der Waals surface area contributed by atoms with Crippen molar-refractivity contribution in [1.82, 2.24) is 10.2 Å². The molecule has 120 valence electrons. The van der Waals surface area contributed by atoms with Gasteiger partial charge in [0.05, 0.1) is 19.3 Å². The SMILES string of the molecule is CCCNCC(C)(CCC)CN1CC(CO)OCC1C. The summed E-state index contributed by atoms with van der Waals surface area (Å²) in [7, 11) is 0. The molecule has 0 spiro atoms. The zero-order chi connectivity index (χ0) is 15.0. The van der Waals surface area contributed by atoms with Crippen LogP contribution in [0.25, 0.3) is 0 Å².